The van der Waals surface area contributed by atoms with Crippen LogP contribution in [0, 0.1) is 11.6 Å². The predicted molar refractivity (Wildman–Crippen MR) is 49.9 cm³/mol. The Hall–Kier alpha value is -1.00. The second-order valence-electron chi connectivity index (χ2n) is 3.59. The molecule has 4 heteroatoms. The Morgan fingerprint density at radius 2 is 2.07 bits per heavy atom. The molecule has 0 bridgehead atoms. The van der Waals surface area contributed by atoms with Crippen molar-refractivity contribution in [3.05, 3.63) is 35.4 Å². The van der Waals surface area contributed by atoms with Gasteiger partial charge in [0.2, 0.25) is 0 Å². The van der Waals surface area contributed by atoms with Gasteiger partial charge in [-0.15, -0.1) is 0 Å². The van der Waals surface area contributed by atoms with Crippen molar-refractivity contribution in [2.45, 2.75) is 12.0 Å². The van der Waals surface area contributed by atoms with Crippen molar-refractivity contribution in [3.63, 3.8) is 0 Å². The number of halogens is 2. The Balaban J connectivity index is 2.34. The molecule has 0 radical (unpaired) electrons. The van der Waals surface area contributed by atoms with Gasteiger partial charge in [0.05, 0.1) is 0 Å². The van der Waals surface area contributed by atoms with E-state index in [1.807, 2.05) is 0 Å². The van der Waals surface area contributed by atoms with E-state index in [4.69, 9.17) is 5.73 Å². The summed E-state index contributed by atoms with van der Waals surface area (Å²) in [5.41, 5.74) is 6.16. The van der Waals surface area contributed by atoms with Crippen LogP contribution >= 0.6 is 0 Å². The Bertz CT molecular complexity index is 341. The van der Waals surface area contributed by atoms with Gasteiger partial charge in [-0.2, -0.15) is 0 Å². The van der Waals surface area contributed by atoms with Gasteiger partial charge >= 0.3 is 0 Å². The Labute approximate surface area is 81.1 Å². The summed E-state index contributed by atoms with van der Waals surface area (Å²) in [7, 11) is 0. The maximum absolute atomic E-state index is 13.3. The molecule has 0 unspecified atom stereocenters. The average Bonchev–Trinajstić information content (AvgIpc) is 2.56. The smallest absolute Gasteiger partial charge is 0.126 e. The molecule has 1 aromatic rings. The first-order valence-corrected chi connectivity index (χ1v) is 4.59. The Morgan fingerprint density at radius 1 is 1.29 bits per heavy atom. The summed E-state index contributed by atoms with van der Waals surface area (Å²) in [5, 5.41) is 3.05. The second kappa shape index (κ2) is 3.63. The lowest BCUT2D eigenvalue weighted by Crippen LogP contribution is -2.28. The molecule has 1 aliphatic rings. The molecule has 2 rings (SSSR count). The molecule has 0 amide bonds. The predicted octanol–water partition coefficient (Wildman–Crippen LogP) is 0.979. The third-order valence-corrected chi connectivity index (χ3v) is 2.62. The highest BCUT2D eigenvalue weighted by atomic mass is 19.1. The van der Waals surface area contributed by atoms with Crippen LogP contribution in [0.4, 0.5) is 8.78 Å². The van der Waals surface area contributed by atoms with E-state index < -0.39 is 5.82 Å². The third-order valence-electron chi connectivity index (χ3n) is 2.62. The van der Waals surface area contributed by atoms with Crippen LogP contribution in [0.5, 0.6) is 0 Å². The molecule has 0 aromatic heterocycles. The average molecular weight is 198 g/mol. The van der Waals surface area contributed by atoms with Crippen molar-refractivity contribution in [2.75, 3.05) is 13.1 Å². The van der Waals surface area contributed by atoms with E-state index in [1.165, 1.54) is 6.07 Å². The molecule has 0 spiro atoms. The zero-order valence-electron chi connectivity index (χ0n) is 7.63. The minimum atomic E-state index is -0.416. The summed E-state index contributed by atoms with van der Waals surface area (Å²) in [5.74, 6) is -0.915. The fourth-order valence-corrected chi connectivity index (χ4v) is 1.84. The van der Waals surface area contributed by atoms with Gasteiger partial charge in [-0.3, -0.25) is 0 Å². The molecule has 14 heavy (non-hydrogen) atoms. The highest BCUT2D eigenvalue weighted by Gasteiger charge is 2.27. The second-order valence-corrected chi connectivity index (χ2v) is 3.59. The van der Waals surface area contributed by atoms with Crippen LogP contribution in [0.15, 0.2) is 18.2 Å². The summed E-state index contributed by atoms with van der Waals surface area (Å²) in [4.78, 5) is 0. The molecule has 1 aliphatic heterocycles. The molecule has 1 heterocycles. The lowest BCUT2D eigenvalue weighted by Gasteiger charge is -2.15. The standard InChI is InChI=1S/C10H12F2N2/c11-6-1-2-9(12)7(3-6)8-4-14-5-10(8)13/h1-3,8,10,14H,4-5,13H2/t8-,10+/m1/s1. The Morgan fingerprint density at radius 3 is 2.71 bits per heavy atom. The van der Waals surface area contributed by atoms with Crippen molar-refractivity contribution in [2.24, 2.45) is 5.73 Å². The van der Waals surface area contributed by atoms with Gasteiger partial charge in [0.15, 0.2) is 0 Å². The van der Waals surface area contributed by atoms with Crippen molar-refractivity contribution in [1.29, 1.82) is 0 Å². The maximum atomic E-state index is 13.3. The van der Waals surface area contributed by atoms with E-state index in [1.54, 1.807) is 0 Å². The monoisotopic (exact) mass is 198 g/mol. The zero-order chi connectivity index (χ0) is 10.1. The minimum absolute atomic E-state index is 0.120. The molecule has 2 atom stereocenters. The Kier molecular flexibility index (Phi) is 2.48. The van der Waals surface area contributed by atoms with Gasteiger partial charge in [-0.1, -0.05) is 0 Å². The van der Waals surface area contributed by atoms with E-state index in [0.29, 0.717) is 18.7 Å². The molecule has 1 saturated heterocycles. The summed E-state index contributed by atoms with van der Waals surface area (Å²) in [6, 6.07) is 3.36. The van der Waals surface area contributed by atoms with Crippen LogP contribution in [0.25, 0.3) is 0 Å². The summed E-state index contributed by atoms with van der Waals surface area (Å²) >= 11 is 0. The van der Waals surface area contributed by atoms with Gasteiger partial charge < -0.3 is 11.1 Å². The van der Waals surface area contributed by atoms with E-state index in [-0.39, 0.29) is 17.8 Å². The SMILES string of the molecule is N[C@H]1CNC[C@@H]1c1cc(F)ccc1F. The molecular weight excluding hydrogens is 186 g/mol. The number of benzene rings is 1. The first-order chi connectivity index (χ1) is 6.68. The lowest BCUT2D eigenvalue weighted by molar-refractivity contribution is 0.550. The molecular formula is C10H12F2N2. The molecule has 3 N–H and O–H groups in total. The largest absolute Gasteiger partial charge is 0.326 e. The topological polar surface area (TPSA) is 38.0 Å². The van der Waals surface area contributed by atoms with Gasteiger partial charge in [0.1, 0.15) is 11.6 Å². The van der Waals surface area contributed by atoms with E-state index in [2.05, 4.69) is 5.32 Å². The molecule has 2 nitrogen and oxygen atoms in total. The summed E-state index contributed by atoms with van der Waals surface area (Å²) in [6.45, 7) is 1.27. The number of rotatable bonds is 1. The normalized spacial score (nSPS) is 26.8. The van der Waals surface area contributed by atoms with Crippen molar-refractivity contribution < 1.29 is 8.78 Å². The van der Waals surface area contributed by atoms with Crippen LogP contribution in [0.2, 0.25) is 0 Å². The maximum Gasteiger partial charge on any atom is 0.126 e. The van der Waals surface area contributed by atoms with Gasteiger partial charge in [-0.25, -0.2) is 8.78 Å². The van der Waals surface area contributed by atoms with Gasteiger partial charge in [-0.05, 0) is 23.8 Å². The van der Waals surface area contributed by atoms with Crippen molar-refractivity contribution in [1.82, 2.24) is 5.32 Å². The van der Waals surface area contributed by atoms with Crippen LogP contribution < -0.4 is 11.1 Å². The van der Waals surface area contributed by atoms with Gasteiger partial charge in [0, 0.05) is 25.0 Å². The van der Waals surface area contributed by atoms with Crippen LogP contribution in [0.3, 0.4) is 0 Å². The van der Waals surface area contributed by atoms with Crippen molar-refractivity contribution in [3.8, 4) is 0 Å². The quantitative estimate of drug-likeness (QED) is 0.706. The molecule has 1 fully saturated rings. The minimum Gasteiger partial charge on any atom is -0.326 e. The molecule has 1 aromatic carbocycles. The number of nitrogens with two attached hydrogens (primary N) is 1. The van der Waals surface area contributed by atoms with Gasteiger partial charge in [0.25, 0.3) is 0 Å². The van der Waals surface area contributed by atoms with E-state index >= 15 is 0 Å². The van der Waals surface area contributed by atoms with E-state index in [9.17, 15) is 8.78 Å². The fourth-order valence-electron chi connectivity index (χ4n) is 1.84. The molecule has 76 valence electrons. The van der Waals surface area contributed by atoms with Crippen LogP contribution in [-0.4, -0.2) is 19.1 Å². The lowest BCUT2D eigenvalue weighted by atomic mass is 9.94. The van der Waals surface area contributed by atoms with Crippen LogP contribution in [-0.2, 0) is 0 Å². The van der Waals surface area contributed by atoms with Crippen molar-refractivity contribution >= 4 is 0 Å². The number of hydrogen-bond acceptors (Lipinski definition) is 2. The number of nitrogens with one attached hydrogen (secondary N) is 1. The molecule has 0 aliphatic carbocycles. The first-order valence-electron chi connectivity index (χ1n) is 4.59. The first kappa shape index (κ1) is 9.55. The van der Waals surface area contributed by atoms with E-state index in [0.717, 1.165) is 12.1 Å². The molecule has 0 saturated carbocycles. The highest BCUT2D eigenvalue weighted by Crippen LogP contribution is 2.24. The fraction of sp³-hybridized carbons (Fsp3) is 0.400. The number of hydrogen-bond donors (Lipinski definition) is 2. The highest BCUT2D eigenvalue weighted by molar-refractivity contribution is 5.26. The third kappa shape index (κ3) is 1.63. The summed E-state index contributed by atoms with van der Waals surface area (Å²) in [6.07, 6.45) is 0. The summed E-state index contributed by atoms with van der Waals surface area (Å²) < 4.78 is 26.2. The van der Waals surface area contributed by atoms with Crippen LogP contribution in [0.1, 0.15) is 11.5 Å². The zero-order valence-corrected chi connectivity index (χ0v) is 7.63.